The van der Waals surface area contributed by atoms with E-state index in [1.165, 1.54) is 7.11 Å². The van der Waals surface area contributed by atoms with Crippen molar-refractivity contribution in [1.82, 2.24) is 4.90 Å². The number of nitrogen functional groups attached to an aromatic ring is 1. The monoisotopic (exact) mass is 276 g/mol. The van der Waals surface area contributed by atoms with Crippen LogP contribution in [0.5, 0.6) is 5.75 Å². The third-order valence-electron chi connectivity index (χ3n) is 4.56. The molecule has 3 unspecified atom stereocenters. The molecule has 1 aromatic rings. The van der Waals surface area contributed by atoms with E-state index in [-0.39, 0.29) is 17.9 Å². The lowest BCUT2D eigenvalue weighted by atomic mass is 10.00. The van der Waals surface area contributed by atoms with E-state index in [1.54, 1.807) is 18.2 Å². The van der Waals surface area contributed by atoms with Crippen molar-refractivity contribution in [3.05, 3.63) is 23.8 Å². The van der Waals surface area contributed by atoms with Crippen molar-refractivity contribution in [1.29, 1.82) is 0 Å². The third-order valence-corrected chi connectivity index (χ3v) is 4.56. The predicted molar refractivity (Wildman–Crippen MR) is 75.5 cm³/mol. The summed E-state index contributed by atoms with van der Waals surface area (Å²) in [5, 5.41) is 9.93. The number of benzene rings is 1. The van der Waals surface area contributed by atoms with Crippen LogP contribution in [0.1, 0.15) is 23.2 Å². The van der Waals surface area contributed by atoms with Gasteiger partial charge in [0.15, 0.2) is 0 Å². The van der Waals surface area contributed by atoms with E-state index in [2.05, 4.69) is 0 Å². The molecule has 1 aliphatic heterocycles. The molecule has 1 heterocycles. The van der Waals surface area contributed by atoms with Gasteiger partial charge in [-0.3, -0.25) is 4.79 Å². The molecule has 108 valence electrons. The van der Waals surface area contributed by atoms with Gasteiger partial charge in [0.2, 0.25) is 0 Å². The molecule has 3 atom stereocenters. The van der Waals surface area contributed by atoms with Crippen LogP contribution in [0.15, 0.2) is 18.2 Å². The van der Waals surface area contributed by atoms with Crippen LogP contribution in [0.3, 0.4) is 0 Å². The Morgan fingerprint density at radius 3 is 2.90 bits per heavy atom. The molecule has 0 spiro atoms. The topological polar surface area (TPSA) is 75.8 Å². The maximum atomic E-state index is 12.6. The van der Waals surface area contributed by atoms with Gasteiger partial charge in [0.25, 0.3) is 5.91 Å². The van der Waals surface area contributed by atoms with Crippen molar-refractivity contribution < 1.29 is 14.6 Å². The smallest absolute Gasteiger partial charge is 0.257 e. The molecule has 0 bridgehead atoms. The minimum atomic E-state index is -0.258. The highest BCUT2D eigenvalue weighted by molar-refractivity contribution is 5.97. The summed E-state index contributed by atoms with van der Waals surface area (Å²) in [5.74, 6) is 1.14. The van der Waals surface area contributed by atoms with Crippen LogP contribution in [0, 0.1) is 11.8 Å². The van der Waals surface area contributed by atoms with E-state index < -0.39 is 0 Å². The van der Waals surface area contributed by atoms with Crippen LogP contribution in [0.25, 0.3) is 0 Å². The number of carbonyl (C=O) groups excluding carboxylic acids is 1. The second kappa shape index (κ2) is 4.98. The number of nitrogens with zero attached hydrogens (tertiary/aromatic N) is 1. The normalized spacial score (nSPS) is 28.5. The van der Waals surface area contributed by atoms with Gasteiger partial charge in [0, 0.05) is 30.8 Å². The SMILES string of the molecule is COc1cc(N)ccc1C(=O)N1CC2CCC(O)C2C1. The van der Waals surface area contributed by atoms with Crippen molar-refractivity contribution in [3.63, 3.8) is 0 Å². The largest absolute Gasteiger partial charge is 0.496 e. The Morgan fingerprint density at radius 2 is 2.20 bits per heavy atom. The van der Waals surface area contributed by atoms with Crippen LogP contribution >= 0.6 is 0 Å². The molecule has 1 aliphatic carbocycles. The molecule has 2 fully saturated rings. The van der Waals surface area contributed by atoms with Crippen LogP contribution in [0.2, 0.25) is 0 Å². The Labute approximate surface area is 118 Å². The molecule has 5 heteroatoms. The second-order valence-electron chi connectivity index (χ2n) is 5.74. The van der Waals surface area contributed by atoms with Gasteiger partial charge < -0.3 is 20.5 Å². The molecule has 0 aromatic heterocycles. The van der Waals surface area contributed by atoms with E-state index >= 15 is 0 Å². The Hall–Kier alpha value is -1.75. The Balaban J connectivity index is 1.80. The van der Waals surface area contributed by atoms with Crippen molar-refractivity contribution in [2.24, 2.45) is 11.8 Å². The Bertz CT molecular complexity index is 532. The number of likely N-dealkylation sites (tertiary alicyclic amines) is 1. The van der Waals surface area contributed by atoms with Crippen LogP contribution < -0.4 is 10.5 Å². The van der Waals surface area contributed by atoms with Gasteiger partial charge in [-0.1, -0.05) is 0 Å². The van der Waals surface area contributed by atoms with Gasteiger partial charge in [0.1, 0.15) is 5.75 Å². The zero-order valence-corrected chi connectivity index (χ0v) is 11.6. The summed E-state index contributed by atoms with van der Waals surface area (Å²) in [5.41, 5.74) is 6.83. The highest BCUT2D eigenvalue weighted by Crippen LogP contribution is 2.39. The van der Waals surface area contributed by atoms with Crippen molar-refractivity contribution in [2.45, 2.75) is 18.9 Å². The highest BCUT2D eigenvalue weighted by Gasteiger charge is 2.43. The molecule has 5 nitrogen and oxygen atoms in total. The average molecular weight is 276 g/mol. The molecule has 3 N–H and O–H groups in total. The van der Waals surface area contributed by atoms with Crippen LogP contribution in [-0.2, 0) is 0 Å². The zero-order valence-electron chi connectivity index (χ0n) is 11.6. The standard InChI is InChI=1S/C15H20N2O3/c1-20-14-6-10(16)3-4-11(14)15(19)17-7-9-2-5-13(18)12(9)8-17/h3-4,6,9,12-13,18H,2,5,7-8,16H2,1H3. The van der Waals surface area contributed by atoms with E-state index in [4.69, 9.17) is 10.5 Å². The van der Waals surface area contributed by atoms with E-state index in [1.807, 2.05) is 4.90 Å². The summed E-state index contributed by atoms with van der Waals surface area (Å²) in [6.45, 7) is 1.37. The van der Waals surface area contributed by atoms with Crippen molar-refractivity contribution >= 4 is 11.6 Å². The number of fused-ring (bicyclic) bond motifs is 1. The lowest BCUT2D eigenvalue weighted by molar-refractivity contribution is 0.0749. The molecule has 1 aromatic carbocycles. The number of methoxy groups -OCH3 is 1. The number of ether oxygens (including phenoxy) is 1. The zero-order chi connectivity index (χ0) is 14.3. The van der Waals surface area contributed by atoms with Gasteiger partial charge in [-0.05, 0) is 30.9 Å². The van der Waals surface area contributed by atoms with E-state index in [0.29, 0.717) is 29.5 Å². The number of amides is 1. The average Bonchev–Trinajstić information content (AvgIpc) is 3.00. The highest BCUT2D eigenvalue weighted by atomic mass is 16.5. The maximum Gasteiger partial charge on any atom is 0.257 e. The number of rotatable bonds is 2. The maximum absolute atomic E-state index is 12.6. The predicted octanol–water partition coefficient (Wildman–Crippen LogP) is 1.12. The lowest BCUT2D eigenvalue weighted by Gasteiger charge is -2.20. The molecule has 20 heavy (non-hydrogen) atoms. The van der Waals surface area contributed by atoms with Gasteiger partial charge in [0.05, 0.1) is 18.8 Å². The van der Waals surface area contributed by atoms with Crippen molar-refractivity contribution in [3.8, 4) is 5.75 Å². The fraction of sp³-hybridized carbons (Fsp3) is 0.533. The summed E-state index contributed by atoms with van der Waals surface area (Å²) in [6, 6.07) is 5.08. The van der Waals surface area contributed by atoms with E-state index in [0.717, 1.165) is 19.4 Å². The van der Waals surface area contributed by atoms with Gasteiger partial charge in [-0.25, -0.2) is 0 Å². The molecule has 1 saturated heterocycles. The summed E-state index contributed by atoms with van der Waals surface area (Å²) in [7, 11) is 1.54. The summed E-state index contributed by atoms with van der Waals surface area (Å²) >= 11 is 0. The first kappa shape index (κ1) is 13.2. The lowest BCUT2D eigenvalue weighted by Crippen LogP contribution is -2.31. The number of hydrogen-bond donors (Lipinski definition) is 2. The quantitative estimate of drug-likeness (QED) is 0.794. The third kappa shape index (κ3) is 2.12. The molecule has 1 amide bonds. The molecule has 1 saturated carbocycles. The van der Waals surface area contributed by atoms with Crippen molar-refractivity contribution in [2.75, 3.05) is 25.9 Å². The van der Waals surface area contributed by atoms with Gasteiger partial charge in [-0.2, -0.15) is 0 Å². The molecular weight excluding hydrogens is 256 g/mol. The minimum absolute atomic E-state index is 0.0385. The molecule has 0 radical (unpaired) electrons. The van der Waals surface area contributed by atoms with Gasteiger partial charge in [-0.15, -0.1) is 0 Å². The Kier molecular flexibility index (Phi) is 3.30. The molecular formula is C15H20N2O3. The first-order valence-electron chi connectivity index (χ1n) is 7.01. The van der Waals surface area contributed by atoms with Crippen LogP contribution in [0.4, 0.5) is 5.69 Å². The number of hydrogen-bond acceptors (Lipinski definition) is 4. The summed E-state index contributed by atoms with van der Waals surface area (Å²) < 4.78 is 5.25. The number of anilines is 1. The number of carbonyl (C=O) groups is 1. The summed E-state index contributed by atoms with van der Waals surface area (Å²) in [4.78, 5) is 14.4. The number of aliphatic hydroxyl groups is 1. The van der Waals surface area contributed by atoms with Gasteiger partial charge >= 0.3 is 0 Å². The van der Waals surface area contributed by atoms with E-state index in [9.17, 15) is 9.90 Å². The molecule has 3 rings (SSSR count). The first-order chi connectivity index (χ1) is 9.60. The summed E-state index contributed by atoms with van der Waals surface area (Å²) in [6.07, 6.45) is 1.61. The second-order valence-corrected chi connectivity index (χ2v) is 5.74. The fourth-order valence-corrected chi connectivity index (χ4v) is 3.46. The minimum Gasteiger partial charge on any atom is -0.496 e. The first-order valence-corrected chi connectivity index (χ1v) is 7.01. The number of aliphatic hydroxyl groups excluding tert-OH is 1. The molecule has 2 aliphatic rings. The Morgan fingerprint density at radius 1 is 1.40 bits per heavy atom. The number of nitrogens with two attached hydrogens (primary N) is 1. The fourth-order valence-electron chi connectivity index (χ4n) is 3.46. The van der Waals surface area contributed by atoms with Crippen LogP contribution in [-0.4, -0.2) is 42.2 Å².